The van der Waals surface area contributed by atoms with E-state index in [4.69, 9.17) is 17.0 Å². The molecule has 8 heteroatoms. The second-order valence-electron chi connectivity index (χ2n) is 5.36. The van der Waals surface area contributed by atoms with Gasteiger partial charge in [-0.1, -0.05) is 12.1 Å². The Morgan fingerprint density at radius 3 is 2.83 bits per heavy atom. The maximum atomic E-state index is 12.4. The van der Waals surface area contributed by atoms with Gasteiger partial charge in [0.25, 0.3) is 5.56 Å². The highest BCUT2D eigenvalue weighted by atomic mass is 32.1. The van der Waals surface area contributed by atoms with Gasteiger partial charge in [0.2, 0.25) is 5.91 Å². The molecule has 1 fully saturated rings. The molecule has 0 unspecified atom stereocenters. The molecule has 0 spiro atoms. The number of fused-ring (bicyclic) bond motifs is 1. The molecule has 1 aliphatic rings. The molecular weight excluding hydrogens is 316 g/mol. The molecule has 2 heterocycles. The minimum Gasteiger partial charge on any atom is -0.379 e. The Bertz CT molecular complexity index is 823. The van der Waals surface area contributed by atoms with Gasteiger partial charge < -0.3 is 9.72 Å². The van der Waals surface area contributed by atoms with Crippen LogP contribution in [0.15, 0.2) is 29.1 Å². The molecule has 1 amide bonds. The Kier molecular flexibility index (Phi) is 4.85. The zero-order chi connectivity index (χ0) is 16.2. The van der Waals surface area contributed by atoms with Gasteiger partial charge in [0.1, 0.15) is 0 Å². The van der Waals surface area contributed by atoms with Crippen LogP contribution in [0, 0.1) is 4.77 Å². The second kappa shape index (κ2) is 7.03. The number of hydrogen-bond donors (Lipinski definition) is 2. The summed E-state index contributed by atoms with van der Waals surface area (Å²) in [4.78, 5) is 29.6. The van der Waals surface area contributed by atoms with E-state index in [0.717, 1.165) is 17.8 Å². The third kappa shape index (κ3) is 3.66. The lowest BCUT2D eigenvalue weighted by Crippen LogP contribution is -2.40. The smallest absolute Gasteiger partial charge is 0.281 e. The van der Waals surface area contributed by atoms with Crippen molar-refractivity contribution in [3.05, 3.63) is 39.4 Å². The number of para-hydroxylation sites is 1. The van der Waals surface area contributed by atoms with Crippen LogP contribution in [-0.4, -0.2) is 53.3 Å². The van der Waals surface area contributed by atoms with Crippen LogP contribution in [0.5, 0.6) is 0 Å². The molecule has 7 nitrogen and oxygen atoms in total. The highest BCUT2D eigenvalue weighted by molar-refractivity contribution is 7.71. The molecule has 0 bridgehead atoms. The van der Waals surface area contributed by atoms with E-state index in [1.54, 1.807) is 18.2 Å². The molecule has 122 valence electrons. The van der Waals surface area contributed by atoms with Crippen LogP contribution in [0.1, 0.15) is 6.42 Å². The summed E-state index contributed by atoms with van der Waals surface area (Å²) in [6, 6.07) is 7.06. The number of benzene rings is 1. The van der Waals surface area contributed by atoms with E-state index >= 15 is 0 Å². The van der Waals surface area contributed by atoms with Gasteiger partial charge in [-0.05, 0) is 24.4 Å². The number of H-pyrrole nitrogens is 1. The number of amides is 1. The first-order valence-corrected chi connectivity index (χ1v) is 7.90. The van der Waals surface area contributed by atoms with Gasteiger partial charge in [0, 0.05) is 26.1 Å². The Hall–Kier alpha value is -2.03. The van der Waals surface area contributed by atoms with Crippen LogP contribution in [0.2, 0.25) is 0 Å². The van der Waals surface area contributed by atoms with Crippen molar-refractivity contribution in [1.82, 2.24) is 14.6 Å². The van der Waals surface area contributed by atoms with Crippen molar-refractivity contribution < 1.29 is 9.53 Å². The Morgan fingerprint density at radius 2 is 2.04 bits per heavy atom. The highest BCUT2D eigenvalue weighted by Crippen LogP contribution is 2.05. The van der Waals surface area contributed by atoms with Crippen molar-refractivity contribution in [2.75, 3.05) is 38.3 Å². The van der Waals surface area contributed by atoms with Gasteiger partial charge in [0.05, 0.1) is 24.1 Å². The SMILES string of the molecule is O=C(CCN1CCOCC1)Nn1c(=S)[nH]c2ccccc2c1=O. The van der Waals surface area contributed by atoms with E-state index in [2.05, 4.69) is 15.3 Å². The minimum absolute atomic E-state index is 0.174. The zero-order valence-corrected chi connectivity index (χ0v) is 13.4. The molecule has 0 atom stereocenters. The van der Waals surface area contributed by atoms with Crippen molar-refractivity contribution in [3.63, 3.8) is 0 Å². The van der Waals surface area contributed by atoms with Gasteiger partial charge in [0.15, 0.2) is 4.77 Å². The summed E-state index contributed by atoms with van der Waals surface area (Å²) in [5, 5.41) is 0.481. The number of hydrogen-bond acceptors (Lipinski definition) is 5. The number of ether oxygens (including phenoxy) is 1. The first-order valence-electron chi connectivity index (χ1n) is 7.49. The van der Waals surface area contributed by atoms with Crippen LogP contribution in [0.3, 0.4) is 0 Å². The van der Waals surface area contributed by atoms with Gasteiger partial charge in [-0.25, -0.2) is 0 Å². The van der Waals surface area contributed by atoms with E-state index in [1.807, 2.05) is 6.07 Å². The predicted molar refractivity (Wildman–Crippen MR) is 89.6 cm³/mol. The van der Waals surface area contributed by atoms with Crippen molar-refractivity contribution in [2.24, 2.45) is 0 Å². The fraction of sp³-hybridized carbons (Fsp3) is 0.400. The molecule has 2 N–H and O–H groups in total. The quantitative estimate of drug-likeness (QED) is 0.811. The summed E-state index contributed by atoms with van der Waals surface area (Å²) in [7, 11) is 0. The van der Waals surface area contributed by atoms with Gasteiger partial charge >= 0.3 is 0 Å². The first-order chi connectivity index (χ1) is 11.1. The van der Waals surface area contributed by atoms with E-state index in [-0.39, 0.29) is 16.2 Å². The van der Waals surface area contributed by atoms with Crippen molar-refractivity contribution in [2.45, 2.75) is 6.42 Å². The van der Waals surface area contributed by atoms with Crippen molar-refractivity contribution in [1.29, 1.82) is 0 Å². The van der Waals surface area contributed by atoms with Gasteiger partial charge in [-0.15, -0.1) is 0 Å². The summed E-state index contributed by atoms with van der Waals surface area (Å²) in [6.45, 7) is 3.66. The second-order valence-corrected chi connectivity index (χ2v) is 5.74. The number of rotatable bonds is 4. The maximum absolute atomic E-state index is 12.4. The molecular formula is C15H18N4O3S. The number of aromatic nitrogens is 2. The molecule has 2 aromatic rings. The number of nitrogens with zero attached hydrogens (tertiary/aromatic N) is 2. The van der Waals surface area contributed by atoms with Gasteiger partial charge in [-0.2, -0.15) is 4.68 Å². The number of morpholine rings is 1. The van der Waals surface area contributed by atoms with Crippen LogP contribution < -0.4 is 11.0 Å². The largest absolute Gasteiger partial charge is 0.379 e. The molecule has 1 aromatic carbocycles. The lowest BCUT2D eigenvalue weighted by atomic mass is 10.2. The van der Waals surface area contributed by atoms with E-state index in [1.165, 1.54) is 0 Å². The summed E-state index contributed by atoms with van der Waals surface area (Å²) in [5.74, 6) is -0.242. The number of nitrogens with one attached hydrogen (secondary N) is 2. The fourth-order valence-corrected chi connectivity index (χ4v) is 2.77. The van der Waals surface area contributed by atoms with Crippen molar-refractivity contribution in [3.8, 4) is 0 Å². The van der Waals surface area contributed by atoms with E-state index < -0.39 is 0 Å². The zero-order valence-electron chi connectivity index (χ0n) is 12.6. The standard InChI is InChI=1S/C15H18N4O3S/c20-13(5-6-18-7-9-22-10-8-18)17-19-14(21)11-3-1-2-4-12(11)16-15(19)23/h1-4H,5-10H2,(H,16,23)(H,17,20). The third-order valence-electron chi connectivity index (χ3n) is 3.80. The monoisotopic (exact) mass is 334 g/mol. The van der Waals surface area contributed by atoms with Crippen LogP contribution in [-0.2, 0) is 9.53 Å². The van der Waals surface area contributed by atoms with E-state index in [9.17, 15) is 9.59 Å². The summed E-state index contributed by atoms with van der Waals surface area (Å²) in [5.41, 5.74) is 2.91. The lowest BCUT2D eigenvalue weighted by Gasteiger charge is -2.26. The highest BCUT2D eigenvalue weighted by Gasteiger charge is 2.13. The van der Waals surface area contributed by atoms with Gasteiger partial charge in [-0.3, -0.25) is 19.9 Å². The molecule has 0 aliphatic carbocycles. The number of carbonyl (C=O) groups is 1. The minimum atomic E-state index is -0.330. The Morgan fingerprint density at radius 1 is 1.30 bits per heavy atom. The fourth-order valence-electron chi connectivity index (χ4n) is 2.53. The molecule has 0 saturated carbocycles. The predicted octanol–water partition coefficient (Wildman–Crippen LogP) is 0.851. The molecule has 23 heavy (non-hydrogen) atoms. The molecule has 1 aliphatic heterocycles. The Labute approximate surface area is 137 Å². The van der Waals surface area contributed by atoms with E-state index in [0.29, 0.717) is 37.1 Å². The third-order valence-corrected chi connectivity index (χ3v) is 4.09. The average molecular weight is 334 g/mol. The maximum Gasteiger partial charge on any atom is 0.281 e. The lowest BCUT2D eigenvalue weighted by molar-refractivity contribution is -0.117. The molecule has 1 saturated heterocycles. The Balaban J connectivity index is 1.72. The summed E-state index contributed by atoms with van der Waals surface area (Å²) < 4.78 is 6.54. The first kappa shape index (κ1) is 15.9. The molecule has 3 rings (SSSR count). The molecule has 0 radical (unpaired) electrons. The average Bonchev–Trinajstić information content (AvgIpc) is 2.58. The number of carbonyl (C=O) groups excluding carboxylic acids is 1. The van der Waals surface area contributed by atoms with Crippen LogP contribution >= 0.6 is 12.2 Å². The normalized spacial score (nSPS) is 15.7. The van der Waals surface area contributed by atoms with Crippen LogP contribution in [0.25, 0.3) is 10.9 Å². The number of aromatic amines is 1. The summed E-state index contributed by atoms with van der Waals surface area (Å²) >= 11 is 5.16. The van der Waals surface area contributed by atoms with Crippen molar-refractivity contribution >= 4 is 29.0 Å². The molecule has 1 aromatic heterocycles. The topological polar surface area (TPSA) is 79.4 Å². The van der Waals surface area contributed by atoms with Crippen LogP contribution in [0.4, 0.5) is 0 Å². The summed E-state index contributed by atoms with van der Waals surface area (Å²) in [6.07, 6.45) is 0.300.